The van der Waals surface area contributed by atoms with Gasteiger partial charge in [0.1, 0.15) is 0 Å². The van der Waals surface area contributed by atoms with Gasteiger partial charge in [0, 0.05) is 24.2 Å². The Kier molecular flexibility index (Phi) is 4.85. The van der Waals surface area contributed by atoms with Crippen LogP contribution >= 0.6 is 0 Å². The van der Waals surface area contributed by atoms with E-state index in [1.165, 1.54) is 5.56 Å². The van der Waals surface area contributed by atoms with Crippen LogP contribution in [0.2, 0.25) is 0 Å². The van der Waals surface area contributed by atoms with Crippen LogP contribution in [0, 0.1) is 0 Å². The van der Waals surface area contributed by atoms with Gasteiger partial charge in [0.15, 0.2) is 0 Å². The fourth-order valence-corrected chi connectivity index (χ4v) is 1.64. The molecule has 0 saturated carbocycles. The van der Waals surface area contributed by atoms with Crippen LogP contribution in [0.15, 0.2) is 23.0 Å². The molecule has 0 spiro atoms. The van der Waals surface area contributed by atoms with Crippen LogP contribution in [0.1, 0.15) is 31.9 Å². The first kappa shape index (κ1) is 12.3. The SMILES string of the molecule is CCC(CNC(C)c1ccoc1)N(C)C. The minimum Gasteiger partial charge on any atom is -0.472 e. The van der Waals surface area contributed by atoms with E-state index in [2.05, 4.69) is 38.2 Å². The van der Waals surface area contributed by atoms with E-state index in [9.17, 15) is 0 Å². The van der Waals surface area contributed by atoms with Crippen LogP contribution in [0.25, 0.3) is 0 Å². The molecular formula is C12H22N2O. The van der Waals surface area contributed by atoms with Crippen molar-refractivity contribution in [3.05, 3.63) is 24.2 Å². The van der Waals surface area contributed by atoms with Crippen molar-refractivity contribution in [3.8, 4) is 0 Å². The molecule has 0 fully saturated rings. The molecule has 0 amide bonds. The van der Waals surface area contributed by atoms with Gasteiger partial charge in [0.25, 0.3) is 0 Å². The molecule has 1 rings (SSSR count). The second-order valence-electron chi connectivity index (χ2n) is 4.21. The van der Waals surface area contributed by atoms with E-state index in [0.717, 1.165) is 13.0 Å². The van der Waals surface area contributed by atoms with Crippen molar-refractivity contribution in [2.24, 2.45) is 0 Å². The summed E-state index contributed by atoms with van der Waals surface area (Å²) in [6.07, 6.45) is 4.68. The zero-order valence-electron chi connectivity index (χ0n) is 10.2. The van der Waals surface area contributed by atoms with Gasteiger partial charge in [-0.1, -0.05) is 6.92 Å². The van der Waals surface area contributed by atoms with Crippen molar-refractivity contribution in [1.29, 1.82) is 0 Å². The van der Waals surface area contributed by atoms with Gasteiger partial charge in [-0.15, -0.1) is 0 Å². The van der Waals surface area contributed by atoms with Gasteiger partial charge < -0.3 is 14.6 Å². The number of hydrogen-bond acceptors (Lipinski definition) is 3. The lowest BCUT2D eigenvalue weighted by Gasteiger charge is -2.25. The number of nitrogens with zero attached hydrogens (tertiary/aromatic N) is 1. The lowest BCUT2D eigenvalue weighted by molar-refractivity contribution is 0.270. The van der Waals surface area contributed by atoms with Gasteiger partial charge in [0.2, 0.25) is 0 Å². The van der Waals surface area contributed by atoms with Crippen LogP contribution in [-0.4, -0.2) is 31.6 Å². The minimum atomic E-state index is 0.359. The molecule has 0 bridgehead atoms. The maximum absolute atomic E-state index is 5.07. The summed E-state index contributed by atoms with van der Waals surface area (Å²) in [7, 11) is 4.25. The molecule has 2 atom stereocenters. The summed E-state index contributed by atoms with van der Waals surface area (Å²) in [5.41, 5.74) is 1.21. The van der Waals surface area contributed by atoms with E-state index in [4.69, 9.17) is 4.42 Å². The smallest absolute Gasteiger partial charge is 0.0950 e. The van der Waals surface area contributed by atoms with E-state index in [0.29, 0.717) is 12.1 Å². The van der Waals surface area contributed by atoms with Crippen LogP contribution in [0.5, 0.6) is 0 Å². The fraction of sp³-hybridized carbons (Fsp3) is 0.667. The van der Waals surface area contributed by atoms with Crippen molar-refractivity contribution in [2.45, 2.75) is 32.4 Å². The molecule has 0 aromatic carbocycles. The highest BCUT2D eigenvalue weighted by atomic mass is 16.3. The minimum absolute atomic E-state index is 0.359. The predicted octanol–water partition coefficient (Wildman–Crippen LogP) is 2.27. The molecular weight excluding hydrogens is 188 g/mol. The maximum atomic E-state index is 5.07. The molecule has 86 valence electrons. The van der Waals surface area contributed by atoms with Gasteiger partial charge >= 0.3 is 0 Å². The average molecular weight is 210 g/mol. The first-order valence-corrected chi connectivity index (χ1v) is 5.57. The Balaban J connectivity index is 2.36. The highest BCUT2D eigenvalue weighted by molar-refractivity contribution is 5.10. The Hall–Kier alpha value is -0.800. The third-order valence-electron chi connectivity index (χ3n) is 2.90. The van der Waals surface area contributed by atoms with E-state index in [1.807, 2.05) is 6.07 Å². The van der Waals surface area contributed by atoms with Gasteiger partial charge in [-0.3, -0.25) is 0 Å². The lowest BCUT2D eigenvalue weighted by atomic mass is 10.1. The maximum Gasteiger partial charge on any atom is 0.0950 e. The third-order valence-corrected chi connectivity index (χ3v) is 2.90. The topological polar surface area (TPSA) is 28.4 Å². The summed E-state index contributed by atoms with van der Waals surface area (Å²) in [6, 6.07) is 2.96. The molecule has 0 saturated heterocycles. The fourth-order valence-electron chi connectivity index (χ4n) is 1.64. The first-order valence-electron chi connectivity index (χ1n) is 5.57. The Labute approximate surface area is 92.5 Å². The summed E-state index contributed by atoms with van der Waals surface area (Å²) in [5.74, 6) is 0. The molecule has 0 aliphatic heterocycles. The Bertz CT molecular complexity index is 257. The van der Waals surface area contributed by atoms with Gasteiger partial charge in [-0.2, -0.15) is 0 Å². The molecule has 0 aliphatic rings. The van der Waals surface area contributed by atoms with Crippen molar-refractivity contribution in [2.75, 3.05) is 20.6 Å². The highest BCUT2D eigenvalue weighted by Gasteiger charge is 2.11. The standard InChI is InChI=1S/C12H22N2O/c1-5-12(14(3)4)8-13-10(2)11-6-7-15-9-11/h6-7,9-10,12-13H,5,8H2,1-4H3. The van der Waals surface area contributed by atoms with Gasteiger partial charge in [0.05, 0.1) is 12.5 Å². The molecule has 2 unspecified atom stereocenters. The summed E-state index contributed by atoms with van der Waals surface area (Å²) in [5, 5.41) is 3.52. The summed E-state index contributed by atoms with van der Waals surface area (Å²) in [6.45, 7) is 5.39. The molecule has 0 aliphatic carbocycles. The van der Waals surface area contributed by atoms with Crippen LogP contribution in [0.3, 0.4) is 0 Å². The Morgan fingerprint density at radius 3 is 2.67 bits per heavy atom. The predicted molar refractivity (Wildman–Crippen MR) is 62.9 cm³/mol. The number of rotatable bonds is 6. The number of nitrogens with one attached hydrogen (secondary N) is 1. The summed E-state index contributed by atoms with van der Waals surface area (Å²) < 4.78 is 5.07. The first-order chi connectivity index (χ1) is 7.15. The van der Waals surface area contributed by atoms with E-state index in [1.54, 1.807) is 12.5 Å². The summed E-state index contributed by atoms with van der Waals surface area (Å²) >= 11 is 0. The van der Waals surface area contributed by atoms with E-state index in [-0.39, 0.29) is 0 Å². The normalized spacial score (nSPS) is 15.5. The van der Waals surface area contributed by atoms with Crippen LogP contribution < -0.4 is 5.32 Å². The van der Waals surface area contributed by atoms with Crippen molar-refractivity contribution in [1.82, 2.24) is 10.2 Å². The van der Waals surface area contributed by atoms with Crippen molar-refractivity contribution >= 4 is 0 Å². The lowest BCUT2D eigenvalue weighted by Crippen LogP contribution is -2.38. The zero-order valence-corrected chi connectivity index (χ0v) is 10.2. The molecule has 0 radical (unpaired) electrons. The Morgan fingerprint density at radius 1 is 1.47 bits per heavy atom. The van der Waals surface area contributed by atoms with E-state index >= 15 is 0 Å². The molecule has 3 nitrogen and oxygen atoms in total. The number of likely N-dealkylation sites (N-methyl/N-ethyl adjacent to an activating group) is 1. The molecule has 1 heterocycles. The molecule has 1 N–H and O–H groups in total. The summed E-state index contributed by atoms with van der Waals surface area (Å²) in [4.78, 5) is 2.26. The number of hydrogen-bond donors (Lipinski definition) is 1. The molecule has 3 heteroatoms. The molecule has 15 heavy (non-hydrogen) atoms. The molecule has 1 aromatic heterocycles. The highest BCUT2D eigenvalue weighted by Crippen LogP contribution is 2.12. The van der Waals surface area contributed by atoms with Gasteiger partial charge in [-0.25, -0.2) is 0 Å². The quantitative estimate of drug-likeness (QED) is 0.780. The second kappa shape index (κ2) is 5.93. The zero-order chi connectivity index (χ0) is 11.3. The van der Waals surface area contributed by atoms with Crippen LogP contribution in [0.4, 0.5) is 0 Å². The van der Waals surface area contributed by atoms with E-state index < -0.39 is 0 Å². The third kappa shape index (κ3) is 3.68. The molecule has 1 aromatic rings. The number of furan rings is 1. The van der Waals surface area contributed by atoms with Crippen molar-refractivity contribution in [3.63, 3.8) is 0 Å². The van der Waals surface area contributed by atoms with Gasteiger partial charge in [-0.05, 0) is 33.5 Å². The second-order valence-corrected chi connectivity index (χ2v) is 4.21. The average Bonchev–Trinajstić information content (AvgIpc) is 2.70. The Morgan fingerprint density at radius 2 is 2.20 bits per heavy atom. The van der Waals surface area contributed by atoms with Crippen LogP contribution in [-0.2, 0) is 0 Å². The van der Waals surface area contributed by atoms with Crippen molar-refractivity contribution < 1.29 is 4.42 Å². The monoisotopic (exact) mass is 210 g/mol. The largest absolute Gasteiger partial charge is 0.472 e.